The van der Waals surface area contributed by atoms with Crippen LogP contribution in [0, 0.1) is 0 Å². The molecule has 0 saturated heterocycles. The number of nitrogens with zero attached hydrogens (tertiary/aromatic N) is 3. The van der Waals surface area contributed by atoms with Gasteiger partial charge in [0.1, 0.15) is 5.69 Å². The van der Waals surface area contributed by atoms with Crippen LogP contribution >= 0.6 is 11.6 Å². The number of fused-ring (bicyclic) bond motifs is 1. The fourth-order valence-corrected chi connectivity index (χ4v) is 1.73. The molecule has 0 amide bonds. The first-order valence-electron chi connectivity index (χ1n) is 5.07. The first kappa shape index (κ1) is 10.3. The predicted octanol–water partition coefficient (Wildman–Crippen LogP) is 2.54. The van der Waals surface area contributed by atoms with Crippen LogP contribution in [0.1, 0.15) is 17.4 Å². The Labute approximate surface area is 101 Å². The molecule has 0 spiro atoms. The zero-order valence-electron chi connectivity index (χ0n) is 8.76. The Morgan fingerprint density at radius 3 is 2.82 bits per heavy atom. The highest BCUT2D eigenvalue weighted by Crippen LogP contribution is 2.19. The SMILES string of the molecule is ClCc1noc(Cc2noc3ccccc23)n1. The number of benzene rings is 1. The molecule has 0 aliphatic carbocycles. The monoisotopic (exact) mass is 249 g/mol. The molecule has 0 bridgehead atoms. The minimum absolute atomic E-state index is 0.239. The third kappa shape index (κ3) is 1.89. The molecule has 5 nitrogen and oxygen atoms in total. The van der Waals surface area contributed by atoms with Gasteiger partial charge in [0.05, 0.1) is 12.3 Å². The van der Waals surface area contributed by atoms with E-state index in [1.165, 1.54) is 0 Å². The van der Waals surface area contributed by atoms with Crippen molar-refractivity contribution in [3.05, 3.63) is 41.7 Å². The van der Waals surface area contributed by atoms with Gasteiger partial charge in [-0.25, -0.2) is 0 Å². The molecular formula is C11H8ClN3O2. The van der Waals surface area contributed by atoms with Crippen LogP contribution < -0.4 is 0 Å². The zero-order valence-corrected chi connectivity index (χ0v) is 9.52. The summed E-state index contributed by atoms with van der Waals surface area (Å²) in [5.41, 5.74) is 1.53. The smallest absolute Gasteiger partial charge is 0.232 e. The molecule has 1 aromatic carbocycles. The Bertz CT molecular complexity index is 647. The number of hydrogen-bond donors (Lipinski definition) is 0. The molecule has 2 aromatic heterocycles. The number of aromatic nitrogens is 3. The van der Waals surface area contributed by atoms with E-state index in [0.29, 0.717) is 18.1 Å². The number of para-hydroxylation sites is 1. The highest BCUT2D eigenvalue weighted by atomic mass is 35.5. The number of halogens is 1. The molecule has 0 N–H and O–H groups in total. The first-order valence-corrected chi connectivity index (χ1v) is 5.61. The lowest BCUT2D eigenvalue weighted by molar-refractivity contribution is 0.376. The summed E-state index contributed by atoms with van der Waals surface area (Å²) in [7, 11) is 0. The highest BCUT2D eigenvalue weighted by molar-refractivity contribution is 6.16. The fourth-order valence-electron chi connectivity index (χ4n) is 1.63. The minimum Gasteiger partial charge on any atom is -0.356 e. The maximum absolute atomic E-state index is 5.60. The summed E-state index contributed by atoms with van der Waals surface area (Å²) in [5, 5.41) is 8.67. The Kier molecular flexibility index (Phi) is 2.53. The average molecular weight is 250 g/mol. The van der Waals surface area contributed by atoms with Gasteiger partial charge in [-0.05, 0) is 12.1 Å². The van der Waals surface area contributed by atoms with Crippen LogP contribution in [0.25, 0.3) is 11.0 Å². The maximum Gasteiger partial charge on any atom is 0.232 e. The van der Waals surface area contributed by atoms with Crippen LogP contribution in [0.2, 0.25) is 0 Å². The molecule has 0 atom stereocenters. The second kappa shape index (κ2) is 4.18. The van der Waals surface area contributed by atoms with Crippen LogP contribution in [-0.2, 0) is 12.3 Å². The molecule has 2 heterocycles. The molecule has 3 aromatic rings. The normalized spacial score (nSPS) is 11.1. The van der Waals surface area contributed by atoms with Crippen molar-refractivity contribution in [3.63, 3.8) is 0 Å². The van der Waals surface area contributed by atoms with Crippen molar-refractivity contribution < 1.29 is 9.05 Å². The topological polar surface area (TPSA) is 65.0 Å². The van der Waals surface area contributed by atoms with E-state index in [9.17, 15) is 0 Å². The van der Waals surface area contributed by atoms with E-state index in [1.54, 1.807) is 0 Å². The van der Waals surface area contributed by atoms with E-state index in [1.807, 2.05) is 24.3 Å². The molecule has 0 fully saturated rings. The molecule has 3 rings (SSSR count). The molecule has 0 unspecified atom stereocenters. The molecule has 0 aliphatic heterocycles. The Morgan fingerprint density at radius 1 is 1.12 bits per heavy atom. The quantitative estimate of drug-likeness (QED) is 0.668. The van der Waals surface area contributed by atoms with E-state index in [4.69, 9.17) is 20.6 Å². The summed E-state index contributed by atoms with van der Waals surface area (Å²) >= 11 is 5.60. The van der Waals surface area contributed by atoms with E-state index in [2.05, 4.69) is 15.3 Å². The Balaban J connectivity index is 1.94. The summed E-state index contributed by atoms with van der Waals surface area (Å²) in [6.07, 6.45) is 0.445. The Hall–Kier alpha value is -1.88. The zero-order chi connectivity index (χ0) is 11.7. The van der Waals surface area contributed by atoms with Crippen molar-refractivity contribution in [1.82, 2.24) is 15.3 Å². The summed E-state index contributed by atoms with van der Waals surface area (Å²) in [6, 6.07) is 7.64. The second-order valence-corrected chi connectivity index (χ2v) is 3.81. The van der Waals surface area contributed by atoms with Crippen molar-refractivity contribution in [1.29, 1.82) is 0 Å². The van der Waals surface area contributed by atoms with Crippen LogP contribution in [-0.4, -0.2) is 15.3 Å². The lowest BCUT2D eigenvalue weighted by Gasteiger charge is -1.89. The largest absolute Gasteiger partial charge is 0.356 e. The predicted molar refractivity (Wildman–Crippen MR) is 60.7 cm³/mol. The third-order valence-electron chi connectivity index (χ3n) is 2.40. The molecule has 0 aliphatic rings. The van der Waals surface area contributed by atoms with Crippen LogP contribution in [0.3, 0.4) is 0 Å². The van der Waals surface area contributed by atoms with E-state index < -0.39 is 0 Å². The van der Waals surface area contributed by atoms with Crippen molar-refractivity contribution in [2.45, 2.75) is 12.3 Å². The van der Waals surface area contributed by atoms with Gasteiger partial charge in [0.25, 0.3) is 0 Å². The first-order chi connectivity index (χ1) is 8.36. The number of hydrogen-bond acceptors (Lipinski definition) is 5. The van der Waals surface area contributed by atoms with E-state index in [-0.39, 0.29) is 5.88 Å². The van der Waals surface area contributed by atoms with Gasteiger partial charge < -0.3 is 9.05 Å². The van der Waals surface area contributed by atoms with Crippen molar-refractivity contribution in [2.75, 3.05) is 0 Å². The molecule has 0 saturated carbocycles. The number of rotatable bonds is 3. The highest BCUT2D eigenvalue weighted by Gasteiger charge is 2.12. The summed E-state index contributed by atoms with van der Waals surface area (Å²) < 4.78 is 10.2. The standard InChI is InChI=1S/C11H8ClN3O2/c12-6-10-13-11(17-15-10)5-8-7-3-1-2-4-9(7)16-14-8/h1-4H,5-6H2. The second-order valence-electron chi connectivity index (χ2n) is 3.54. The molecule has 17 heavy (non-hydrogen) atoms. The van der Waals surface area contributed by atoms with Gasteiger partial charge >= 0.3 is 0 Å². The minimum atomic E-state index is 0.239. The van der Waals surface area contributed by atoms with E-state index >= 15 is 0 Å². The average Bonchev–Trinajstić information content (AvgIpc) is 2.97. The van der Waals surface area contributed by atoms with Crippen molar-refractivity contribution >= 4 is 22.6 Å². The molecule has 0 radical (unpaired) electrons. The third-order valence-corrected chi connectivity index (χ3v) is 2.64. The van der Waals surface area contributed by atoms with Crippen molar-refractivity contribution in [3.8, 4) is 0 Å². The van der Waals surface area contributed by atoms with Crippen LogP contribution in [0.4, 0.5) is 0 Å². The summed E-state index contributed by atoms with van der Waals surface area (Å²) in [4.78, 5) is 4.12. The van der Waals surface area contributed by atoms with Gasteiger partial charge in [-0.15, -0.1) is 11.6 Å². The summed E-state index contributed by atoms with van der Waals surface area (Å²) in [6.45, 7) is 0. The van der Waals surface area contributed by atoms with Gasteiger partial charge in [-0.1, -0.05) is 22.4 Å². The van der Waals surface area contributed by atoms with Crippen molar-refractivity contribution in [2.24, 2.45) is 0 Å². The fraction of sp³-hybridized carbons (Fsp3) is 0.182. The molecular weight excluding hydrogens is 242 g/mol. The van der Waals surface area contributed by atoms with Gasteiger partial charge in [0.15, 0.2) is 11.4 Å². The van der Waals surface area contributed by atoms with Gasteiger partial charge in [-0.2, -0.15) is 4.98 Å². The lowest BCUT2D eigenvalue weighted by atomic mass is 10.2. The van der Waals surface area contributed by atoms with Crippen LogP contribution in [0.5, 0.6) is 0 Å². The number of alkyl halides is 1. The Morgan fingerprint density at radius 2 is 2.00 bits per heavy atom. The summed E-state index contributed by atoms with van der Waals surface area (Å²) in [5.74, 6) is 1.21. The molecule has 6 heteroatoms. The lowest BCUT2D eigenvalue weighted by Crippen LogP contribution is -1.89. The van der Waals surface area contributed by atoms with Gasteiger partial charge in [0, 0.05) is 5.39 Å². The maximum atomic E-state index is 5.60. The van der Waals surface area contributed by atoms with Gasteiger partial charge in [-0.3, -0.25) is 0 Å². The molecule has 86 valence electrons. The van der Waals surface area contributed by atoms with E-state index in [0.717, 1.165) is 16.7 Å². The van der Waals surface area contributed by atoms with Crippen LogP contribution in [0.15, 0.2) is 33.3 Å². The van der Waals surface area contributed by atoms with Gasteiger partial charge in [0.2, 0.25) is 5.89 Å².